The van der Waals surface area contributed by atoms with E-state index in [0.717, 1.165) is 18.4 Å². The maximum Gasteiger partial charge on any atom is 0.168 e. The molecule has 0 aliphatic carbocycles. The standard InChI is InChI=1S/C12H18O2S/c1-12(2,3)9-8-10-6-4-5-7-11(10)15(13)14/h4-7,15H,8-9H2,1-3H3. The smallest absolute Gasteiger partial charge is 0.168 e. The van der Waals surface area contributed by atoms with Crippen LogP contribution in [0.4, 0.5) is 0 Å². The zero-order valence-corrected chi connectivity index (χ0v) is 10.4. The topological polar surface area (TPSA) is 34.1 Å². The highest BCUT2D eigenvalue weighted by Gasteiger charge is 2.12. The highest BCUT2D eigenvalue weighted by atomic mass is 32.2. The Morgan fingerprint density at radius 3 is 2.27 bits per heavy atom. The van der Waals surface area contributed by atoms with Gasteiger partial charge in [0.15, 0.2) is 10.7 Å². The van der Waals surface area contributed by atoms with Gasteiger partial charge < -0.3 is 0 Å². The van der Waals surface area contributed by atoms with E-state index in [4.69, 9.17) is 0 Å². The van der Waals surface area contributed by atoms with E-state index < -0.39 is 10.7 Å². The lowest BCUT2D eigenvalue weighted by atomic mass is 9.89. The van der Waals surface area contributed by atoms with Crippen LogP contribution in [0.2, 0.25) is 0 Å². The average molecular weight is 226 g/mol. The highest BCUT2D eigenvalue weighted by Crippen LogP contribution is 2.23. The summed E-state index contributed by atoms with van der Waals surface area (Å²) in [5, 5.41) is 0. The first kappa shape index (κ1) is 12.2. The van der Waals surface area contributed by atoms with Crippen LogP contribution in [0.15, 0.2) is 29.2 Å². The quantitative estimate of drug-likeness (QED) is 0.804. The molecule has 0 unspecified atom stereocenters. The second-order valence-corrected chi connectivity index (χ2v) is 5.94. The summed E-state index contributed by atoms with van der Waals surface area (Å²) in [6.07, 6.45) is 1.82. The molecule has 0 aromatic heterocycles. The van der Waals surface area contributed by atoms with Gasteiger partial charge >= 0.3 is 0 Å². The number of hydrogen-bond donors (Lipinski definition) is 1. The fourth-order valence-corrected chi connectivity index (χ4v) is 2.04. The van der Waals surface area contributed by atoms with E-state index in [0.29, 0.717) is 4.90 Å². The van der Waals surface area contributed by atoms with Crippen molar-refractivity contribution in [1.29, 1.82) is 0 Å². The van der Waals surface area contributed by atoms with Crippen LogP contribution in [0.3, 0.4) is 0 Å². The highest BCUT2D eigenvalue weighted by molar-refractivity contribution is 7.72. The molecule has 0 fully saturated rings. The molecule has 2 nitrogen and oxygen atoms in total. The predicted octanol–water partition coefficient (Wildman–Crippen LogP) is 2.64. The molecule has 0 spiro atoms. The number of rotatable bonds is 3. The minimum atomic E-state index is -2.46. The van der Waals surface area contributed by atoms with Crippen LogP contribution < -0.4 is 0 Å². The van der Waals surface area contributed by atoms with E-state index in [1.165, 1.54) is 0 Å². The van der Waals surface area contributed by atoms with E-state index >= 15 is 0 Å². The number of thiol groups is 1. The van der Waals surface area contributed by atoms with E-state index in [1.54, 1.807) is 12.1 Å². The Morgan fingerprint density at radius 2 is 1.73 bits per heavy atom. The van der Waals surface area contributed by atoms with Crippen LogP contribution in [-0.2, 0) is 17.1 Å². The molecule has 1 aromatic carbocycles. The molecule has 0 atom stereocenters. The Morgan fingerprint density at radius 1 is 1.13 bits per heavy atom. The van der Waals surface area contributed by atoms with Gasteiger partial charge in [0.1, 0.15) is 0 Å². The molecule has 3 heteroatoms. The van der Waals surface area contributed by atoms with Gasteiger partial charge in [-0.1, -0.05) is 39.0 Å². The Bertz CT molecular complexity index is 392. The lowest BCUT2D eigenvalue weighted by Crippen LogP contribution is -2.07. The van der Waals surface area contributed by atoms with Crippen molar-refractivity contribution in [3.63, 3.8) is 0 Å². The summed E-state index contributed by atoms with van der Waals surface area (Å²) < 4.78 is 22.0. The van der Waals surface area contributed by atoms with Crippen molar-refractivity contribution in [3.8, 4) is 0 Å². The molecular weight excluding hydrogens is 208 g/mol. The Kier molecular flexibility index (Phi) is 3.91. The van der Waals surface area contributed by atoms with Crippen molar-refractivity contribution in [1.82, 2.24) is 0 Å². The summed E-state index contributed by atoms with van der Waals surface area (Å²) in [4.78, 5) is 0.469. The molecule has 0 radical (unpaired) electrons. The lowest BCUT2D eigenvalue weighted by Gasteiger charge is -2.18. The second kappa shape index (κ2) is 4.79. The van der Waals surface area contributed by atoms with E-state index in [-0.39, 0.29) is 5.41 Å². The van der Waals surface area contributed by atoms with Gasteiger partial charge in [-0.15, -0.1) is 0 Å². The van der Waals surface area contributed by atoms with Crippen LogP contribution in [0.5, 0.6) is 0 Å². The number of hydrogen-bond acceptors (Lipinski definition) is 2. The molecule has 0 aliphatic rings. The van der Waals surface area contributed by atoms with E-state index in [2.05, 4.69) is 20.8 Å². The number of benzene rings is 1. The number of aryl methyl sites for hydroxylation is 1. The van der Waals surface area contributed by atoms with Gasteiger partial charge in [0.05, 0.1) is 4.90 Å². The summed E-state index contributed by atoms with van der Waals surface area (Å²) in [6, 6.07) is 7.22. The van der Waals surface area contributed by atoms with Gasteiger partial charge in [-0.25, -0.2) is 8.42 Å². The van der Waals surface area contributed by atoms with E-state index in [9.17, 15) is 8.42 Å². The van der Waals surface area contributed by atoms with Gasteiger partial charge in [0.25, 0.3) is 0 Å². The molecule has 0 bridgehead atoms. The monoisotopic (exact) mass is 226 g/mol. The zero-order valence-electron chi connectivity index (χ0n) is 9.49. The minimum absolute atomic E-state index is 0.238. The molecule has 84 valence electrons. The molecule has 0 heterocycles. The van der Waals surface area contributed by atoms with Gasteiger partial charge in [-0.05, 0) is 29.9 Å². The largest absolute Gasteiger partial charge is 0.227 e. The first-order valence-electron chi connectivity index (χ1n) is 5.12. The predicted molar refractivity (Wildman–Crippen MR) is 62.8 cm³/mol. The van der Waals surface area contributed by atoms with Crippen molar-refractivity contribution in [2.45, 2.75) is 38.5 Å². The molecule has 15 heavy (non-hydrogen) atoms. The van der Waals surface area contributed by atoms with Crippen LogP contribution in [0, 0.1) is 5.41 Å². The molecular formula is C12H18O2S. The summed E-state index contributed by atoms with van der Waals surface area (Å²) in [6.45, 7) is 6.48. The second-order valence-electron chi connectivity index (χ2n) is 4.95. The summed E-state index contributed by atoms with van der Waals surface area (Å²) in [5.74, 6) is 0. The summed E-state index contributed by atoms with van der Waals surface area (Å²) in [7, 11) is -2.46. The molecule has 0 saturated heterocycles. The Labute approximate surface area is 93.3 Å². The maximum atomic E-state index is 11.0. The van der Waals surface area contributed by atoms with Crippen molar-refractivity contribution in [2.75, 3.05) is 0 Å². The van der Waals surface area contributed by atoms with Gasteiger partial charge in [0.2, 0.25) is 0 Å². The van der Waals surface area contributed by atoms with Crippen molar-refractivity contribution < 1.29 is 8.42 Å². The fraction of sp³-hybridized carbons (Fsp3) is 0.500. The Hall–Kier alpha value is -0.830. The lowest BCUT2D eigenvalue weighted by molar-refractivity contribution is 0.377. The summed E-state index contributed by atoms with van der Waals surface area (Å²) in [5.41, 5.74) is 1.17. The van der Waals surface area contributed by atoms with Gasteiger partial charge in [0, 0.05) is 0 Å². The first-order valence-corrected chi connectivity index (χ1v) is 6.30. The average Bonchev–Trinajstić information content (AvgIpc) is 2.14. The Balaban J connectivity index is 2.86. The zero-order chi connectivity index (χ0) is 11.5. The first-order chi connectivity index (χ1) is 6.90. The fourth-order valence-electron chi connectivity index (χ4n) is 1.41. The van der Waals surface area contributed by atoms with Crippen LogP contribution in [-0.4, -0.2) is 8.42 Å². The van der Waals surface area contributed by atoms with Gasteiger partial charge in [-0.3, -0.25) is 0 Å². The third kappa shape index (κ3) is 4.04. The van der Waals surface area contributed by atoms with Crippen LogP contribution in [0.1, 0.15) is 32.8 Å². The third-order valence-corrected chi connectivity index (χ3v) is 3.16. The molecule has 0 aliphatic heterocycles. The molecule has 1 aromatic rings. The molecule has 0 amide bonds. The van der Waals surface area contributed by atoms with E-state index in [1.807, 2.05) is 12.1 Å². The van der Waals surface area contributed by atoms with Crippen LogP contribution in [0.25, 0.3) is 0 Å². The third-order valence-electron chi connectivity index (χ3n) is 2.33. The maximum absolute atomic E-state index is 11.0. The normalized spacial score (nSPS) is 12.0. The van der Waals surface area contributed by atoms with Gasteiger partial charge in [-0.2, -0.15) is 0 Å². The molecule has 0 saturated carbocycles. The molecule has 1 rings (SSSR count). The minimum Gasteiger partial charge on any atom is -0.227 e. The van der Waals surface area contributed by atoms with Crippen molar-refractivity contribution in [2.24, 2.45) is 5.41 Å². The summed E-state index contributed by atoms with van der Waals surface area (Å²) >= 11 is 0. The SMILES string of the molecule is CC(C)(C)CCc1ccccc1[SH](=O)=O. The van der Waals surface area contributed by atoms with Crippen molar-refractivity contribution in [3.05, 3.63) is 29.8 Å². The van der Waals surface area contributed by atoms with Crippen molar-refractivity contribution >= 4 is 10.7 Å². The molecule has 0 N–H and O–H groups in total. The van der Waals surface area contributed by atoms with Crippen LogP contribution >= 0.6 is 0 Å².